The number of rotatable bonds is 25. The highest BCUT2D eigenvalue weighted by molar-refractivity contribution is 5.97. The quantitative estimate of drug-likeness (QED) is 0.0409. The summed E-state index contributed by atoms with van der Waals surface area (Å²) in [6, 6.07) is -11.1. The highest BCUT2D eigenvalue weighted by Gasteiger charge is 2.35. The molecule has 0 unspecified atom stereocenters. The maximum Gasteiger partial charge on any atom is 0.326 e. The second-order valence-corrected chi connectivity index (χ2v) is 13.4. The van der Waals surface area contributed by atoms with Crippen molar-refractivity contribution in [2.45, 2.75) is 116 Å². The van der Waals surface area contributed by atoms with Gasteiger partial charge < -0.3 is 69.7 Å². The van der Waals surface area contributed by atoms with E-state index >= 15 is 0 Å². The van der Waals surface area contributed by atoms with Gasteiger partial charge in [0.25, 0.3) is 0 Å². The largest absolute Gasteiger partial charge is 0.480 e. The molecular formula is C32H56N10O13. The van der Waals surface area contributed by atoms with E-state index in [1.807, 2.05) is 0 Å². The molecule has 55 heavy (non-hydrogen) atoms. The first-order chi connectivity index (χ1) is 25.5. The third kappa shape index (κ3) is 18.0. The van der Waals surface area contributed by atoms with Gasteiger partial charge in [-0.3, -0.25) is 43.2 Å². The molecular weight excluding hydrogens is 732 g/mol. The molecule has 312 valence electrons. The number of amides is 9. The second-order valence-electron chi connectivity index (χ2n) is 13.4. The standard InChI is InChI=1S/C32H56N10O13/c1-13(2)23(30(52)40-20(12-44)29(51)39-19(32(54)55)8-10-22(35)46)42-31(53)24(14(3)4)41-26(48)16(6)37-28(50)18(7-9-21(34)45)38-25(47)15(5)36-27(49)17(33)11-43/h13-20,23-24,43-44H,7-12,33H2,1-6H3,(H2,34,45)(H2,35,46)(H,36,49)(H,37,50)(H,38,47)(H,39,51)(H,40,52)(H,41,48)(H,42,53)(H,54,55)/t15-,16-,17-,18-,19-,20-,23-,24-/m0/s1. The molecule has 0 aromatic rings. The molecule has 0 spiro atoms. The van der Waals surface area contributed by atoms with Crippen molar-refractivity contribution in [3.8, 4) is 0 Å². The van der Waals surface area contributed by atoms with E-state index in [0.29, 0.717) is 0 Å². The van der Waals surface area contributed by atoms with Gasteiger partial charge in [-0.1, -0.05) is 27.7 Å². The molecule has 23 nitrogen and oxygen atoms in total. The smallest absolute Gasteiger partial charge is 0.326 e. The Bertz CT molecular complexity index is 1410. The molecule has 9 amide bonds. The van der Waals surface area contributed by atoms with E-state index in [4.69, 9.17) is 22.3 Å². The minimum atomic E-state index is -1.66. The SMILES string of the molecule is CC(C)[C@H](NC(=O)[C@H](C)NC(=O)[C@H](CCC(N)=O)NC(=O)[C@H](C)NC(=O)[C@@H](N)CO)C(=O)N[C@H](C(=O)N[C@@H](CO)C(=O)N[C@@H](CCC(N)=O)C(=O)O)C(C)C. The molecule has 23 heteroatoms. The summed E-state index contributed by atoms with van der Waals surface area (Å²) >= 11 is 0. The van der Waals surface area contributed by atoms with Crippen molar-refractivity contribution >= 4 is 59.1 Å². The van der Waals surface area contributed by atoms with Crippen LogP contribution in [0.15, 0.2) is 0 Å². The van der Waals surface area contributed by atoms with Gasteiger partial charge in [-0.2, -0.15) is 0 Å². The minimum Gasteiger partial charge on any atom is -0.480 e. The molecule has 0 saturated heterocycles. The van der Waals surface area contributed by atoms with E-state index in [2.05, 4.69) is 37.2 Å². The number of hydrogen-bond acceptors (Lipinski definition) is 13. The van der Waals surface area contributed by atoms with Crippen molar-refractivity contribution in [3.05, 3.63) is 0 Å². The zero-order chi connectivity index (χ0) is 42.7. The van der Waals surface area contributed by atoms with Crippen molar-refractivity contribution < 1.29 is 63.3 Å². The first kappa shape index (κ1) is 49.6. The average molecular weight is 789 g/mol. The highest BCUT2D eigenvalue weighted by Crippen LogP contribution is 2.09. The van der Waals surface area contributed by atoms with Crippen molar-refractivity contribution in [3.63, 3.8) is 0 Å². The van der Waals surface area contributed by atoms with Gasteiger partial charge in [-0.15, -0.1) is 0 Å². The van der Waals surface area contributed by atoms with E-state index < -0.39 is 133 Å². The molecule has 16 N–H and O–H groups in total. The molecule has 0 aromatic heterocycles. The van der Waals surface area contributed by atoms with Gasteiger partial charge in [0.15, 0.2) is 0 Å². The van der Waals surface area contributed by atoms with Crippen molar-refractivity contribution in [2.75, 3.05) is 13.2 Å². The van der Waals surface area contributed by atoms with Crippen LogP contribution in [-0.2, 0) is 47.9 Å². The number of carbonyl (C=O) groups excluding carboxylic acids is 9. The van der Waals surface area contributed by atoms with Crippen LogP contribution in [0.5, 0.6) is 0 Å². The first-order valence-corrected chi connectivity index (χ1v) is 17.4. The molecule has 0 aliphatic heterocycles. The summed E-state index contributed by atoms with van der Waals surface area (Å²) in [6.07, 6.45) is -1.36. The van der Waals surface area contributed by atoms with Crippen LogP contribution in [0.3, 0.4) is 0 Å². The number of aliphatic hydroxyl groups is 2. The van der Waals surface area contributed by atoms with Crippen LogP contribution in [-0.4, -0.2) is 136 Å². The monoisotopic (exact) mass is 788 g/mol. The van der Waals surface area contributed by atoms with Gasteiger partial charge in [-0.25, -0.2) is 4.79 Å². The van der Waals surface area contributed by atoms with Crippen LogP contribution in [0.1, 0.15) is 67.2 Å². The van der Waals surface area contributed by atoms with E-state index in [0.717, 1.165) is 0 Å². The van der Waals surface area contributed by atoms with Crippen molar-refractivity contribution in [1.82, 2.24) is 37.2 Å². The van der Waals surface area contributed by atoms with Crippen LogP contribution in [0.4, 0.5) is 0 Å². The fourth-order valence-electron chi connectivity index (χ4n) is 4.56. The minimum absolute atomic E-state index is 0.290. The number of nitrogens with two attached hydrogens (primary N) is 3. The number of carboxylic acid groups (broad SMARTS) is 1. The summed E-state index contributed by atoms with van der Waals surface area (Å²) in [7, 11) is 0. The Kier molecular flexibility index (Phi) is 21.7. The van der Waals surface area contributed by atoms with Gasteiger partial charge >= 0.3 is 5.97 Å². The zero-order valence-electron chi connectivity index (χ0n) is 31.7. The van der Waals surface area contributed by atoms with Crippen LogP contribution >= 0.6 is 0 Å². The number of aliphatic hydroxyl groups excluding tert-OH is 2. The van der Waals surface area contributed by atoms with Gasteiger partial charge in [-0.05, 0) is 38.5 Å². The number of carboxylic acids is 1. The Labute approximate surface area is 317 Å². The van der Waals surface area contributed by atoms with Crippen LogP contribution in [0, 0.1) is 11.8 Å². The Balaban J connectivity index is 5.77. The summed E-state index contributed by atoms with van der Waals surface area (Å²) in [5.74, 6) is -10.7. The number of carbonyl (C=O) groups is 10. The molecule has 0 aromatic carbocycles. The fourth-order valence-corrected chi connectivity index (χ4v) is 4.56. The van der Waals surface area contributed by atoms with E-state index in [1.165, 1.54) is 13.8 Å². The molecule has 0 aliphatic carbocycles. The number of primary amides is 2. The molecule has 0 bridgehead atoms. The Morgan fingerprint density at radius 1 is 0.473 bits per heavy atom. The number of hydrogen-bond donors (Lipinski definition) is 13. The topological polar surface area (TPSA) is 394 Å². The van der Waals surface area contributed by atoms with Crippen LogP contribution in [0.2, 0.25) is 0 Å². The molecule has 0 fully saturated rings. The third-order valence-corrected chi connectivity index (χ3v) is 7.95. The van der Waals surface area contributed by atoms with Gasteiger partial charge in [0, 0.05) is 12.8 Å². The molecule has 8 atom stereocenters. The lowest BCUT2D eigenvalue weighted by molar-refractivity contribution is -0.143. The number of aliphatic carboxylic acids is 1. The summed E-state index contributed by atoms with van der Waals surface area (Å²) in [4.78, 5) is 124. The molecule has 0 heterocycles. The average Bonchev–Trinajstić information content (AvgIpc) is 3.09. The Morgan fingerprint density at radius 3 is 1.25 bits per heavy atom. The fraction of sp³-hybridized carbons (Fsp3) is 0.688. The lowest BCUT2D eigenvalue weighted by Gasteiger charge is -2.29. The molecule has 0 saturated carbocycles. The maximum absolute atomic E-state index is 13.4. The van der Waals surface area contributed by atoms with Crippen molar-refractivity contribution in [2.24, 2.45) is 29.0 Å². The predicted octanol–water partition coefficient (Wildman–Crippen LogP) is -6.34. The number of nitrogens with one attached hydrogen (secondary N) is 7. The van der Waals surface area contributed by atoms with Crippen LogP contribution < -0.4 is 54.4 Å². The lowest BCUT2D eigenvalue weighted by atomic mass is 9.99. The van der Waals surface area contributed by atoms with Crippen molar-refractivity contribution in [1.29, 1.82) is 0 Å². The lowest BCUT2D eigenvalue weighted by Crippen LogP contribution is -2.61. The van der Waals surface area contributed by atoms with E-state index in [9.17, 15) is 58.2 Å². The normalized spacial score (nSPS) is 15.4. The van der Waals surface area contributed by atoms with Crippen LogP contribution in [0.25, 0.3) is 0 Å². The summed E-state index contributed by atoms with van der Waals surface area (Å²) < 4.78 is 0. The molecule has 0 radical (unpaired) electrons. The van der Waals surface area contributed by atoms with E-state index in [1.54, 1.807) is 27.7 Å². The predicted molar refractivity (Wildman–Crippen MR) is 191 cm³/mol. The molecule has 0 aliphatic rings. The Morgan fingerprint density at radius 2 is 0.836 bits per heavy atom. The van der Waals surface area contributed by atoms with Gasteiger partial charge in [0.2, 0.25) is 53.2 Å². The zero-order valence-corrected chi connectivity index (χ0v) is 31.7. The summed E-state index contributed by atoms with van der Waals surface area (Å²) in [5, 5.41) is 44.5. The van der Waals surface area contributed by atoms with E-state index in [-0.39, 0.29) is 25.7 Å². The molecule has 0 rings (SSSR count). The van der Waals surface area contributed by atoms with Gasteiger partial charge in [0.05, 0.1) is 13.2 Å². The summed E-state index contributed by atoms with van der Waals surface area (Å²) in [5.41, 5.74) is 15.7. The first-order valence-electron chi connectivity index (χ1n) is 17.4. The third-order valence-electron chi connectivity index (χ3n) is 7.95. The van der Waals surface area contributed by atoms with Gasteiger partial charge in [0.1, 0.15) is 48.3 Å². The summed E-state index contributed by atoms with van der Waals surface area (Å²) in [6.45, 7) is 7.13. The second kappa shape index (κ2) is 24.1. The Hall–Kier alpha value is -5.42. The highest BCUT2D eigenvalue weighted by atomic mass is 16.4. The maximum atomic E-state index is 13.4.